The Hall–Kier alpha value is -3.40. The van der Waals surface area contributed by atoms with Crippen LogP contribution in [0.4, 0.5) is 11.4 Å². The van der Waals surface area contributed by atoms with Gasteiger partial charge in [-0.2, -0.15) is 0 Å². The molecule has 2 N–H and O–H groups in total. The van der Waals surface area contributed by atoms with E-state index in [0.717, 1.165) is 22.5 Å². The van der Waals surface area contributed by atoms with Gasteiger partial charge in [-0.3, -0.25) is 9.98 Å². The Morgan fingerprint density at radius 1 is 0.583 bits per heavy atom. The molecule has 0 unspecified atom stereocenters. The van der Waals surface area contributed by atoms with Crippen molar-refractivity contribution in [2.45, 2.75) is 0 Å². The lowest BCUT2D eigenvalue weighted by Crippen LogP contribution is -1.80. The number of aromatic hydroxyl groups is 2. The number of rotatable bonds is 4. The van der Waals surface area contributed by atoms with Crippen molar-refractivity contribution >= 4 is 23.8 Å². The van der Waals surface area contributed by atoms with Crippen molar-refractivity contribution in [3.05, 3.63) is 83.9 Å². The SMILES string of the molecule is Oc1cccc(C=Nc2cccc(N=Cc3cccc(O)c3)c2)c1. The van der Waals surface area contributed by atoms with Crippen LogP contribution in [0.2, 0.25) is 0 Å². The molecule has 0 aliphatic carbocycles. The number of nitrogens with zero attached hydrogens (tertiary/aromatic N) is 2. The first kappa shape index (κ1) is 15.5. The van der Waals surface area contributed by atoms with Crippen LogP contribution >= 0.6 is 0 Å². The third-order valence-electron chi connectivity index (χ3n) is 3.30. The highest BCUT2D eigenvalue weighted by Crippen LogP contribution is 2.21. The van der Waals surface area contributed by atoms with E-state index in [1.54, 1.807) is 48.8 Å². The molecule has 0 heterocycles. The molecule has 0 radical (unpaired) electrons. The second-order valence-corrected chi connectivity index (χ2v) is 5.23. The number of phenolic OH excluding ortho intramolecular Hbond substituents is 2. The van der Waals surface area contributed by atoms with Crippen LogP contribution in [-0.2, 0) is 0 Å². The second kappa shape index (κ2) is 7.24. The van der Waals surface area contributed by atoms with Gasteiger partial charge in [0.15, 0.2) is 0 Å². The molecule has 0 aromatic heterocycles. The molecule has 0 saturated carbocycles. The number of phenols is 2. The number of hydrogen-bond donors (Lipinski definition) is 2. The van der Waals surface area contributed by atoms with Crippen LogP contribution in [-0.4, -0.2) is 22.6 Å². The van der Waals surface area contributed by atoms with Crippen molar-refractivity contribution in [1.29, 1.82) is 0 Å². The Bertz CT molecular complexity index is 831. The zero-order chi connectivity index (χ0) is 16.8. The predicted octanol–water partition coefficient (Wildman–Crippen LogP) is 4.60. The molecule has 0 fully saturated rings. The lowest BCUT2D eigenvalue weighted by Gasteiger charge is -1.98. The molecule has 0 aliphatic heterocycles. The highest BCUT2D eigenvalue weighted by atomic mass is 16.3. The molecule has 3 aromatic rings. The van der Waals surface area contributed by atoms with Gasteiger partial charge < -0.3 is 10.2 Å². The van der Waals surface area contributed by atoms with Crippen LogP contribution < -0.4 is 0 Å². The molecule has 0 atom stereocenters. The zero-order valence-corrected chi connectivity index (χ0v) is 12.9. The van der Waals surface area contributed by atoms with Crippen molar-refractivity contribution < 1.29 is 10.2 Å². The van der Waals surface area contributed by atoms with Gasteiger partial charge in [0.05, 0.1) is 11.4 Å². The van der Waals surface area contributed by atoms with Gasteiger partial charge in [0, 0.05) is 12.4 Å². The Morgan fingerprint density at radius 3 is 1.50 bits per heavy atom. The van der Waals surface area contributed by atoms with Crippen molar-refractivity contribution in [2.24, 2.45) is 9.98 Å². The summed E-state index contributed by atoms with van der Waals surface area (Å²) in [5, 5.41) is 18.9. The summed E-state index contributed by atoms with van der Waals surface area (Å²) in [6, 6.07) is 21.3. The number of aliphatic imine (C=N–C) groups is 2. The minimum absolute atomic E-state index is 0.211. The van der Waals surface area contributed by atoms with E-state index in [1.165, 1.54) is 0 Å². The van der Waals surface area contributed by atoms with E-state index in [0.29, 0.717) is 0 Å². The van der Waals surface area contributed by atoms with E-state index in [9.17, 15) is 10.2 Å². The molecule has 0 spiro atoms. The number of hydrogen-bond acceptors (Lipinski definition) is 4. The Labute approximate surface area is 140 Å². The normalized spacial score (nSPS) is 11.3. The van der Waals surface area contributed by atoms with E-state index < -0.39 is 0 Å². The summed E-state index contributed by atoms with van der Waals surface area (Å²) >= 11 is 0. The van der Waals surface area contributed by atoms with E-state index in [2.05, 4.69) is 9.98 Å². The summed E-state index contributed by atoms with van der Waals surface area (Å²) < 4.78 is 0. The fraction of sp³-hybridized carbons (Fsp3) is 0. The standard InChI is InChI=1S/C20H16N2O2/c23-19-8-1-4-15(10-19)13-21-17-6-3-7-18(12-17)22-14-16-5-2-9-20(24)11-16/h1-14,23-24H. The topological polar surface area (TPSA) is 65.2 Å². The van der Waals surface area contributed by atoms with Gasteiger partial charge in [0.25, 0.3) is 0 Å². The van der Waals surface area contributed by atoms with E-state index in [4.69, 9.17) is 0 Å². The molecular weight excluding hydrogens is 300 g/mol. The molecule has 0 saturated heterocycles. The van der Waals surface area contributed by atoms with Crippen LogP contribution in [0.5, 0.6) is 11.5 Å². The summed E-state index contributed by atoms with van der Waals surface area (Å²) in [4.78, 5) is 8.79. The summed E-state index contributed by atoms with van der Waals surface area (Å²) in [7, 11) is 0. The smallest absolute Gasteiger partial charge is 0.116 e. The fourth-order valence-electron chi connectivity index (χ4n) is 2.16. The van der Waals surface area contributed by atoms with Gasteiger partial charge in [-0.15, -0.1) is 0 Å². The van der Waals surface area contributed by atoms with E-state index in [1.807, 2.05) is 36.4 Å². The molecule has 118 valence electrons. The monoisotopic (exact) mass is 316 g/mol. The summed E-state index contributed by atoms with van der Waals surface area (Å²) in [5.41, 5.74) is 3.18. The maximum Gasteiger partial charge on any atom is 0.116 e. The number of benzene rings is 3. The fourth-order valence-corrected chi connectivity index (χ4v) is 2.16. The predicted molar refractivity (Wildman–Crippen MR) is 97.2 cm³/mol. The Kier molecular flexibility index (Phi) is 4.68. The first-order chi connectivity index (χ1) is 11.7. The molecule has 24 heavy (non-hydrogen) atoms. The lowest BCUT2D eigenvalue weighted by molar-refractivity contribution is 0.474. The highest BCUT2D eigenvalue weighted by Gasteiger charge is 1.95. The summed E-state index contributed by atoms with van der Waals surface area (Å²) in [5.74, 6) is 0.423. The zero-order valence-electron chi connectivity index (χ0n) is 12.9. The molecule has 0 aliphatic rings. The molecule has 0 bridgehead atoms. The quantitative estimate of drug-likeness (QED) is 0.691. The van der Waals surface area contributed by atoms with Crippen molar-refractivity contribution in [1.82, 2.24) is 0 Å². The van der Waals surface area contributed by atoms with Crippen molar-refractivity contribution in [3.63, 3.8) is 0 Å². The summed E-state index contributed by atoms with van der Waals surface area (Å²) in [6.45, 7) is 0. The largest absolute Gasteiger partial charge is 0.508 e. The second-order valence-electron chi connectivity index (χ2n) is 5.23. The third kappa shape index (κ3) is 4.30. The van der Waals surface area contributed by atoms with Crippen LogP contribution in [0.3, 0.4) is 0 Å². The van der Waals surface area contributed by atoms with Gasteiger partial charge in [-0.1, -0.05) is 30.3 Å². The van der Waals surface area contributed by atoms with E-state index >= 15 is 0 Å². The van der Waals surface area contributed by atoms with Crippen molar-refractivity contribution in [2.75, 3.05) is 0 Å². The molecule has 3 aromatic carbocycles. The lowest BCUT2D eigenvalue weighted by atomic mass is 10.2. The van der Waals surface area contributed by atoms with Crippen LogP contribution in [0, 0.1) is 0 Å². The van der Waals surface area contributed by atoms with Crippen molar-refractivity contribution in [3.8, 4) is 11.5 Å². The summed E-state index contributed by atoms with van der Waals surface area (Å²) in [6.07, 6.45) is 3.38. The van der Waals surface area contributed by atoms with Gasteiger partial charge in [-0.05, 0) is 53.6 Å². The van der Waals surface area contributed by atoms with Crippen LogP contribution in [0.25, 0.3) is 0 Å². The van der Waals surface area contributed by atoms with Crippen LogP contribution in [0.15, 0.2) is 82.8 Å². The van der Waals surface area contributed by atoms with Gasteiger partial charge in [0.2, 0.25) is 0 Å². The van der Waals surface area contributed by atoms with Gasteiger partial charge in [0.1, 0.15) is 11.5 Å². The van der Waals surface area contributed by atoms with Gasteiger partial charge in [-0.25, -0.2) is 0 Å². The molecule has 0 amide bonds. The molecular formula is C20H16N2O2. The minimum atomic E-state index is 0.211. The van der Waals surface area contributed by atoms with Gasteiger partial charge >= 0.3 is 0 Å². The Balaban J connectivity index is 1.76. The maximum absolute atomic E-state index is 9.45. The average Bonchev–Trinajstić information content (AvgIpc) is 2.59. The average molecular weight is 316 g/mol. The highest BCUT2D eigenvalue weighted by molar-refractivity contribution is 5.84. The first-order valence-corrected chi connectivity index (χ1v) is 7.45. The van der Waals surface area contributed by atoms with Crippen LogP contribution in [0.1, 0.15) is 11.1 Å². The van der Waals surface area contributed by atoms with E-state index in [-0.39, 0.29) is 11.5 Å². The maximum atomic E-state index is 9.45. The molecule has 4 heteroatoms. The first-order valence-electron chi connectivity index (χ1n) is 7.45. The molecule has 3 rings (SSSR count). The third-order valence-corrected chi connectivity index (χ3v) is 3.30. The minimum Gasteiger partial charge on any atom is -0.508 e. The molecule has 4 nitrogen and oxygen atoms in total. The Morgan fingerprint density at radius 2 is 1.04 bits per heavy atom.